The Morgan fingerprint density at radius 1 is 1.08 bits per heavy atom. The summed E-state index contributed by atoms with van der Waals surface area (Å²) in [4.78, 5) is 23.8. The van der Waals surface area contributed by atoms with Crippen LogP contribution < -0.4 is 10.1 Å². The van der Waals surface area contributed by atoms with Crippen molar-refractivity contribution >= 4 is 35.2 Å². The van der Waals surface area contributed by atoms with E-state index in [0.717, 1.165) is 22.4 Å². The molecular weight excluding hydrogens is 354 g/mol. The monoisotopic (exact) mass is 373 g/mol. The van der Waals surface area contributed by atoms with E-state index in [0.29, 0.717) is 16.3 Å². The molecule has 1 N–H and O–H groups in total. The summed E-state index contributed by atoms with van der Waals surface area (Å²) >= 11 is 6.08. The normalized spacial score (nSPS) is 10.7. The summed E-state index contributed by atoms with van der Waals surface area (Å²) in [5.74, 6) is -0.0891. The maximum Gasteiger partial charge on any atom is 0.337 e. The van der Waals surface area contributed by atoms with Crippen LogP contribution in [0.3, 0.4) is 0 Å². The van der Waals surface area contributed by atoms with Gasteiger partial charge >= 0.3 is 5.97 Å². The van der Waals surface area contributed by atoms with E-state index in [9.17, 15) is 9.59 Å². The summed E-state index contributed by atoms with van der Waals surface area (Å²) in [5.41, 5.74) is 3.58. The second kappa shape index (κ2) is 8.54. The van der Waals surface area contributed by atoms with Crippen molar-refractivity contribution < 1.29 is 19.1 Å². The van der Waals surface area contributed by atoms with Crippen LogP contribution in [0.25, 0.3) is 6.08 Å². The number of carbonyl (C=O) groups excluding carboxylic acids is 2. The van der Waals surface area contributed by atoms with Gasteiger partial charge in [0.1, 0.15) is 5.75 Å². The van der Waals surface area contributed by atoms with Crippen LogP contribution in [-0.4, -0.2) is 26.1 Å². The van der Waals surface area contributed by atoms with Crippen molar-refractivity contribution in [3.63, 3.8) is 0 Å². The summed E-state index contributed by atoms with van der Waals surface area (Å²) in [6.45, 7) is 3.90. The number of methoxy groups -OCH3 is 2. The molecule has 1 amide bonds. The Morgan fingerprint density at radius 3 is 2.31 bits per heavy atom. The molecule has 0 aliphatic carbocycles. The summed E-state index contributed by atoms with van der Waals surface area (Å²) < 4.78 is 9.90. The molecule has 2 aromatic carbocycles. The Bertz CT molecular complexity index is 851. The molecule has 0 atom stereocenters. The van der Waals surface area contributed by atoms with Crippen molar-refractivity contribution in [3.05, 3.63) is 63.7 Å². The Hall–Kier alpha value is -2.79. The first kappa shape index (κ1) is 19.5. The molecule has 5 nitrogen and oxygen atoms in total. The van der Waals surface area contributed by atoms with Gasteiger partial charge in [-0.1, -0.05) is 11.6 Å². The van der Waals surface area contributed by atoms with Crippen LogP contribution in [-0.2, 0) is 9.53 Å². The van der Waals surface area contributed by atoms with Crippen molar-refractivity contribution in [2.45, 2.75) is 13.8 Å². The Kier molecular flexibility index (Phi) is 6.41. The third kappa shape index (κ3) is 4.64. The first-order valence-electron chi connectivity index (χ1n) is 7.88. The third-order valence-electron chi connectivity index (χ3n) is 3.85. The fourth-order valence-electron chi connectivity index (χ4n) is 2.51. The highest BCUT2D eigenvalue weighted by molar-refractivity contribution is 6.34. The van der Waals surface area contributed by atoms with Crippen LogP contribution in [0.4, 0.5) is 5.69 Å². The molecule has 2 aromatic rings. The van der Waals surface area contributed by atoms with Crippen molar-refractivity contribution in [2.24, 2.45) is 0 Å². The van der Waals surface area contributed by atoms with Crippen LogP contribution in [0, 0.1) is 13.8 Å². The second-order valence-electron chi connectivity index (χ2n) is 5.68. The Morgan fingerprint density at radius 2 is 1.73 bits per heavy atom. The van der Waals surface area contributed by atoms with Crippen LogP contribution in [0.2, 0.25) is 5.02 Å². The number of hydrogen-bond acceptors (Lipinski definition) is 4. The fourth-order valence-corrected chi connectivity index (χ4v) is 2.68. The Labute approximate surface area is 157 Å². The van der Waals surface area contributed by atoms with Gasteiger partial charge in [-0.05, 0) is 66.9 Å². The number of ether oxygens (including phenoxy) is 2. The topological polar surface area (TPSA) is 64.6 Å². The lowest BCUT2D eigenvalue weighted by Gasteiger charge is -2.09. The maximum absolute atomic E-state index is 12.2. The number of anilines is 1. The molecular formula is C20H20ClNO4. The van der Waals surface area contributed by atoms with Crippen molar-refractivity contribution in [2.75, 3.05) is 19.5 Å². The van der Waals surface area contributed by atoms with Crippen molar-refractivity contribution in [3.8, 4) is 5.75 Å². The zero-order chi connectivity index (χ0) is 19.3. The first-order valence-corrected chi connectivity index (χ1v) is 8.25. The van der Waals surface area contributed by atoms with Gasteiger partial charge in [0.2, 0.25) is 5.91 Å². The molecule has 26 heavy (non-hydrogen) atoms. The molecule has 0 saturated carbocycles. The number of halogens is 1. The number of aryl methyl sites for hydroxylation is 2. The molecule has 0 radical (unpaired) electrons. The number of amides is 1. The van der Waals surface area contributed by atoms with Crippen molar-refractivity contribution in [1.82, 2.24) is 0 Å². The molecule has 6 heteroatoms. The number of carbonyl (C=O) groups is 2. The fraction of sp³-hybridized carbons (Fsp3) is 0.200. The number of hydrogen-bond donors (Lipinski definition) is 1. The quantitative estimate of drug-likeness (QED) is 0.623. The van der Waals surface area contributed by atoms with Gasteiger partial charge in [-0.2, -0.15) is 0 Å². The standard InChI is InChI=1S/C20H20ClNO4/c1-12-9-15(25-3)10-13(2)16(12)6-8-19(23)22-18-11-14(20(24)26-4)5-7-17(18)21/h5-11H,1-4H3,(H,22,23)/b8-6+. The van der Waals surface area contributed by atoms with E-state index in [1.807, 2.05) is 26.0 Å². The molecule has 136 valence electrons. The molecule has 0 saturated heterocycles. The molecule has 0 bridgehead atoms. The molecule has 0 aliphatic heterocycles. The van der Waals surface area contributed by atoms with Gasteiger partial charge < -0.3 is 14.8 Å². The summed E-state index contributed by atoms with van der Waals surface area (Å²) in [6, 6.07) is 8.35. The van der Waals surface area contributed by atoms with E-state index >= 15 is 0 Å². The summed E-state index contributed by atoms with van der Waals surface area (Å²) in [5, 5.41) is 3.00. The molecule has 0 aliphatic rings. The molecule has 0 heterocycles. The minimum Gasteiger partial charge on any atom is -0.497 e. The molecule has 0 fully saturated rings. The van der Waals surface area contributed by atoms with Gasteiger partial charge in [0.25, 0.3) is 0 Å². The van der Waals surface area contributed by atoms with E-state index in [2.05, 4.69) is 10.1 Å². The zero-order valence-electron chi connectivity index (χ0n) is 15.1. The van der Waals surface area contributed by atoms with Crippen LogP contribution >= 0.6 is 11.6 Å². The van der Waals surface area contributed by atoms with Crippen molar-refractivity contribution in [1.29, 1.82) is 0 Å². The van der Waals surface area contributed by atoms with Gasteiger partial charge in [0.05, 0.1) is 30.5 Å². The first-order chi connectivity index (χ1) is 12.3. The van der Waals surface area contributed by atoms with Gasteiger partial charge in [-0.25, -0.2) is 4.79 Å². The highest BCUT2D eigenvalue weighted by atomic mass is 35.5. The highest BCUT2D eigenvalue weighted by Crippen LogP contribution is 2.25. The number of benzene rings is 2. The predicted octanol–water partition coefficient (Wildman–Crippen LogP) is 4.40. The Balaban J connectivity index is 2.19. The van der Waals surface area contributed by atoms with Crippen LogP contribution in [0.15, 0.2) is 36.4 Å². The molecule has 0 unspecified atom stereocenters. The molecule has 2 rings (SSSR count). The minimum atomic E-state index is -0.503. The largest absolute Gasteiger partial charge is 0.497 e. The van der Waals surface area contributed by atoms with Gasteiger partial charge in [-0.15, -0.1) is 0 Å². The minimum absolute atomic E-state index is 0.304. The summed E-state index contributed by atoms with van der Waals surface area (Å²) in [7, 11) is 2.90. The predicted molar refractivity (Wildman–Crippen MR) is 103 cm³/mol. The lowest BCUT2D eigenvalue weighted by atomic mass is 10.0. The lowest BCUT2D eigenvalue weighted by molar-refractivity contribution is -0.111. The highest BCUT2D eigenvalue weighted by Gasteiger charge is 2.10. The smallest absolute Gasteiger partial charge is 0.337 e. The number of esters is 1. The SMILES string of the molecule is COC(=O)c1ccc(Cl)c(NC(=O)/C=C/c2c(C)cc(OC)cc2C)c1. The van der Waals surface area contributed by atoms with Gasteiger partial charge in [0.15, 0.2) is 0 Å². The van der Waals surface area contributed by atoms with Gasteiger partial charge in [-0.3, -0.25) is 4.79 Å². The van der Waals surface area contributed by atoms with Gasteiger partial charge in [0, 0.05) is 6.08 Å². The summed E-state index contributed by atoms with van der Waals surface area (Å²) in [6.07, 6.45) is 3.15. The third-order valence-corrected chi connectivity index (χ3v) is 4.18. The van der Waals surface area contributed by atoms with Crippen LogP contribution in [0.1, 0.15) is 27.0 Å². The van der Waals surface area contributed by atoms with E-state index in [-0.39, 0.29) is 5.91 Å². The van der Waals surface area contributed by atoms with Crippen LogP contribution in [0.5, 0.6) is 5.75 Å². The average Bonchev–Trinajstić information content (AvgIpc) is 2.61. The average molecular weight is 374 g/mol. The maximum atomic E-state index is 12.2. The molecule has 0 spiro atoms. The zero-order valence-corrected chi connectivity index (χ0v) is 15.8. The van der Waals surface area contributed by atoms with E-state index < -0.39 is 5.97 Å². The number of rotatable bonds is 5. The van der Waals surface area contributed by atoms with E-state index in [1.54, 1.807) is 13.2 Å². The number of nitrogens with one attached hydrogen (secondary N) is 1. The lowest BCUT2D eigenvalue weighted by Crippen LogP contribution is -2.10. The molecule has 0 aromatic heterocycles. The van der Waals surface area contributed by atoms with E-state index in [1.165, 1.54) is 31.4 Å². The second-order valence-corrected chi connectivity index (χ2v) is 6.09. The van der Waals surface area contributed by atoms with E-state index in [4.69, 9.17) is 16.3 Å².